The van der Waals surface area contributed by atoms with E-state index >= 15 is 0 Å². The Morgan fingerprint density at radius 1 is 1.08 bits per heavy atom. The number of carbonyl (C=O) groups excluding carboxylic acids is 2. The van der Waals surface area contributed by atoms with Crippen LogP contribution in [0.1, 0.15) is 13.8 Å². The van der Waals surface area contributed by atoms with Crippen molar-refractivity contribution in [3.05, 3.63) is 48.5 Å². The van der Waals surface area contributed by atoms with Gasteiger partial charge in [-0.1, -0.05) is 18.2 Å². The van der Waals surface area contributed by atoms with Crippen molar-refractivity contribution in [2.45, 2.75) is 13.8 Å². The molecule has 0 aliphatic heterocycles. The van der Waals surface area contributed by atoms with Gasteiger partial charge in [-0.2, -0.15) is 0 Å². The molecule has 0 unspecified atom stereocenters. The van der Waals surface area contributed by atoms with E-state index in [1.165, 1.54) is 6.92 Å². The van der Waals surface area contributed by atoms with Gasteiger partial charge in [-0.15, -0.1) is 0 Å². The van der Waals surface area contributed by atoms with Crippen molar-refractivity contribution in [3.8, 4) is 11.5 Å². The Bertz CT molecular complexity index is 749. The van der Waals surface area contributed by atoms with Gasteiger partial charge in [0.25, 0.3) is 0 Å². The summed E-state index contributed by atoms with van der Waals surface area (Å²) in [5, 5.41) is 2.55. The second kappa shape index (κ2) is 8.58. The van der Waals surface area contributed by atoms with Crippen LogP contribution in [-0.2, 0) is 4.79 Å². The van der Waals surface area contributed by atoms with Gasteiger partial charge < -0.3 is 20.5 Å². The van der Waals surface area contributed by atoms with Gasteiger partial charge in [-0.05, 0) is 37.3 Å². The average Bonchev–Trinajstić information content (AvgIpc) is 2.56. The normalized spacial score (nSPS) is 10.0. The van der Waals surface area contributed by atoms with Crippen LogP contribution >= 0.6 is 0 Å². The number of imide groups is 1. The summed E-state index contributed by atoms with van der Waals surface area (Å²) in [5.74, 6) is 0.652. The molecule has 0 aliphatic carbocycles. The smallest absolute Gasteiger partial charge is 0.331 e. The largest absolute Gasteiger partial charge is 0.490 e. The number of urea groups is 1. The van der Waals surface area contributed by atoms with Gasteiger partial charge in [0.05, 0.1) is 12.3 Å². The Balaban J connectivity index is 2.02. The number of para-hydroxylation sites is 2. The predicted octanol–water partition coefficient (Wildman–Crippen LogP) is 2.77. The Morgan fingerprint density at radius 2 is 1.76 bits per heavy atom. The molecule has 2 aromatic carbocycles. The van der Waals surface area contributed by atoms with Gasteiger partial charge in [-0.25, -0.2) is 9.69 Å². The first-order valence-corrected chi connectivity index (χ1v) is 7.81. The van der Waals surface area contributed by atoms with Crippen molar-refractivity contribution >= 4 is 23.3 Å². The number of rotatable bonds is 6. The van der Waals surface area contributed by atoms with Crippen molar-refractivity contribution in [1.29, 1.82) is 0 Å². The van der Waals surface area contributed by atoms with E-state index in [1.807, 2.05) is 13.0 Å². The summed E-state index contributed by atoms with van der Waals surface area (Å²) in [6, 6.07) is 13.0. The molecule has 0 saturated carbocycles. The van der Waals surface area contributed by atoms with Crippen LogP contribution in [-0.4, -0.2) is 25.3 Å². The minimum atomic E-state index is -0.605. The molecule has 0 radical (unpaired) electrons. The topological polar surface area (TPSA) is 93.9 Å². The maximum absolute atomic E-state index is 12.3. The number of nitrogen functional groups attached to an aromatic ring is 1. The van der Waals surface area contributed by atoms with Crippen molar-refractivity contribution in [3.63, 3.8) is 0 Å². The van der Waals surface area contributed by atoms with Gasteiger partial charge >= 0.3 is 6.03 Å². The van der Waals surface area contributed by atoms with E-state index in [9.17, 15) is 9.59 Å². The fourth-order valence-corrected chi connectivity index (χ4v) is 2.20. The van der Waals surface area contributed by atoms with E-state index in [-0.39, 0.29) is 6.73 Å². The third-order valence-electron chi connectivity index (χ3n) is 3.25. The number of carbonyl (C=O) groups is 2. The van der Waals surface area contributed by atoms with E-state index < -0.39 is 11.9 Å². The monoisotopic (exact) mass is 343 g/mol. The first-order valence-electron chi connectivity index (χ1n) is 7.81. The summed E-state index contributed by atoms with van der Waals surface area (Å²) in [5.41, 5.74) is 6.56. The van der Waals surface area contributed by atoms with Gasteiger partial charge in [0.2, 0.25) is 5.91 Å². The van der Waals surface area contributed by atoms with E-state index in [0.29, 0.717) is 29.5 Å². The van der Waals surface area contributed by atoms with Crippen LogP contribution in [0, 0.1) is 0 Å². The third-order valence-corrected chi connectivity index (χ3v) is 3.25. The summed E-state index contributed by atoms with van der Waals surface area (Å²) >= 11 is 0. The quantitative estimate of drug-likeness (QED) is 0.621. The number of nitrogens with two attached hydrogens (primary N) is 1. The van der Waals surface area contributed by atoms with E-state index in [0.717, 1.165) is 4.90 Å². The van der Waals surface area contributed by atoms with Crippen LogP contribution in [0.25, 0.3) is 0 Å². The number of benzene rings is 2. The highest BCUT2D eigenvalue weighted by molar-refractivity contribution is 6.13. The van der Waals surface area contributed by atoms with E-state index in [1.54, 1.807) is 42.5 Å². The molecule has 0 aromatic heterocycles. The zero-order valence-corrected chi connectivity index (χ0v) is 14.2. The van der Waals surface area contributed by atoms with Crippen LogP contribution in [0.2, 0.25) is 0 Å². The number of ether oxygens (including phenoxy) is 2. The van der Waals surface area contributed by atoms with Crippen molar-refractivity contribution in [2.75, 3.05) is 24.0 Å². The standard InChI is InChI=1S/C18H21N3O4/c1-3-24-16-9-4-5-10-17(16)25-12-20-18(23)21(13(2)22)15-8-6-7-14(19)11-15/h4-11H,3,12,19H2,1-2H3,(H,20,23). The molecular weight excluding hydrogens is 322 g/mol. The first-order chi connectivity index (χ1) is 12.0. The lowest BCUT2D eigenvalue weighted by molar-refractivity contribution is -0.115. The lowest BCUT2D eigenvalue weighted by Gasteiger charge is -2.20. The molecule has 132 valence electrons. The maximum Gasteiger partial charge on any atom is 0.331 e. The van der Waals surface area contributed by atoms with Crippen LogP contribution in [0.15, 0.2) is 48.5 Å². The van der Waals surface area contributed by atoms with Crippen molar-refractivity contribution < 1.29 is 19.1 Å². The highest BCUT2D eigenvalue weighted by Crippen LogP contribution is 2.26. The second-order valence-electron chi connectivity index (χ2n) is 5.10. The van der Waals surface area contributed by atoms with Gasteiger partial charge in [0.1, 0.15) is 0 Å². The van der Waals surface area contributed by atoms with Crippen LogP contribution < -0.4 is 25.4 Å². The maximum atomic E-state index is 12.3. The molecule has 7 heteroatoms. The third kappa shape index (κ3) is 4.87. The minimum absolute atomic E-state index is 0.116. The predicted molar refractivity (Wildman–Crippen MR) is 95.7 cm³/mol. The number of hydrogen-bond donors (Lipinski definition) is 2. The summed E-state index contributed by atoms with van der Waals surface area (Å²) < 4.78 is 11.0. The lowest BCUT2D eigenvalue weighted by atomic mass is 10.2. The number of anilines is 2. The van der Waals surface area contributed by atoms with Crippen LogP contribution in [0.3, 0.4) is 0 Å². The molecule has 2 rings (SSSR count). The molecule has 0 heterocycles. The number of nitrogens with one attached hydrogen (secondary N) is 1. The van der Waals surface area contributed by atoms with Crippen LogP contribution in [0.4, 0.5) is 16.2 Å². The fourth-order valence-electron chi connectivity index (χ4n) is 2.20. The highest BCUT2D eigenvalue weighted by atomic mass is 16.5. The summed E-state index contributed by atoms with van der Waals surface area (Å²) in [4.78, 5) is 25.2. The lowest BCUT2D eigenvalue weighted by Crippen LogP contribution is -2.44. The van der Waals surface area contributed by atoms with Crippen molar-refractivity contribution in [1.82, 2.24) is 5.32 Å². The molecule has 0 aliphatic rings. The molecule has 0 bridgehead atoms. The van der Waals surface area contributed by atoms with Crippen LogP contribution in [0.5, 0.6) is 11.5 Å². The highest BCUT2D eigenvalue weighted by Gasteiger charge is 2.20. The Hall–Kier alpha value is -3.22. The average molecular weight is 343 g/mol. The molecule has 3 amide bonds. The molecular formula is C18H21N3O4. The molecule has 25 heavy (non-hydrogen) atoms. The number of hydrogen-bond acceptors (Lipinski definition) is 5. The molecule has 0 spiro atoms. The zero-order valence-electron chi connectivity index (χ0n) is 14.2. The molecule has 7 nitrogen and oxygen atoms in total. The summed E-state index contributed by atoms with van der Waals surface area (Å²) in [6.07, 6.45) is 0. The van der Waals surface area contributed by atoms with E-state index in [4.69, 9.17) is 15.2 Å². The fraction of sp³-hybridized carbons (Fsp3) is 0.222. The molecule has 2 aromatic rings. The van der Waals surface area contributed by atoms with Gasteiger partial charge in [-0.3, -0.25) is 4.79 Å². The Labute approximate surface area is 146 Å². The summed E-state index contributed by atoms with van der Waals surface area (Å²) in [6.45, 7) is 3.55. The second-order valence-corrected chi connectivity index (χ2v) is 5.10. The van der Waals surface area contributed by atoms with Gasteiger partial charge in [0, 0.05) is 12.6 Å². The Morgan fingerprint density at radius 3 is 2.36 bits per heavy atom. The Kier molecular flexibility index (Phi) is 6.22. The molecule has 0 fully saturated rings. The minimum Gasteiger partial charge on any atom is -0.490 e. The van der Waals surface area contributed by atoms with Gasteiger partial charge in [0.15, 0.2) is 18.2 Å². The summed E-state index contributed by atoms with van der Waals surface area (Å²) in [7, 11) is 0. The first kappa shape index (κ1) is 18.1. The van der Waals surface area contributed by atoms with Crippen molar-refractivity contribution in [2.24, 2.45) is 0 Å². The van der Waals surface area contributed by atoms with E-state index in [2.05, 4.69) is 5.32 Å². The number of amides is 3. The molecule has 0 saturated heterocycles. The molecule has 3 N–H and O–H groups in total. The SMILES string of the molecule is CCOc1ccccc1OCNC(=O)N(C(C)=O)c1cccc(N)c1. The molecule has 0 atom stereocenters. The zero-order chi connectivity index (χ0) is 18.2. The number of nitrogens with zero attached hydrogens (tertiary/aromatic N) is 1.